The zero-order valence-corrected chi connectivity index (χ0v) is 14.4. The molecule has 2 fully saturated rings. The van der Waals surface area contributed by atoms with Crippen molar-refractivity contribution in [1.82, 2.24) is 9.80 Å². The van der Waals surface area contributed by atoms with Crippen LogP contribution >= 0.6 is 0 Å². The fourth-order valence-electron chi connectivity index (χ4n) is 3.30. The van der Waals surface area contributed by atoms with Crippen molar-refractivity contribution in [2.45, 2.75) is 32.2 Å². The monoisotopic (exact) mass is 343 g/mol. The summed E-state index contributed by atoms with van der Waals surface area (Å²) in [6.45, 7) is 2.00. The van der Waals surface area contributed by atoms with E-state index in [-0.39, 0.29) is 37.1 Å². The molecule has 0 aromatic heterocycles. The Hall–Kier alpha value is -2.37. The van der Waals surface area contributed by atoms with Crippen molar-refractivity contribution in [3.8, 4) is 0 Å². The summed E-state index contributed by atoms with van der Waals surface area (Å²) in [6, 6.07) is 9.66. The second kappa shape index (κ2) is 7.68. The summed E-state index contributed by atoms with van der Waals surface area (Å²) < 4.78 is 0. The third-order valence-electron chi connectivity index (χ3n) is 4.90. The molecule has 3 rings (SSSR count). The van der Waals surface area contributed by atoms with E-state index >= 15 is 0 Å². The summed E-state index contributed by atoms with van der Waals surface area (Å²) in [5.74, 6) is -0.115. The third-order valence-corrected chi connectivity index (χ3v) is 4.90. The van der Waals surface area contributed by atoms with E-state index in [1.54, 1.807) is 4.90 Å². The number of carbonyl (C=O) groups excluding carboxylic acids is 3. The van der Waals surface area contributed by atoms with E-state index in [4.69, 9.17) is 5.73 Å². The fourth-order valence-corrected chi connectivity index (χ4v) is 3.30. The van der Waals surface area contributed by atoms with Gasteiger partial charge in [0.15, 0.2) is 0 Å². The summed E-state index contributed by atoms with van der Waals surface area (Å²) in [4.78, 5) is 39.8. The van der Waals surface area contributed by atoms with Crippen molar-refractivity contribution in [3.05, 3.63) is 35.9 Å². The maximum atomic E-state index is 12.9. The molecule has 6 heteroatoms. The second-order valence-electron chi connectivity index (χ2n) is 7.10. The molecule has 0 bridgehead atoms. The number of amides is 3. The van der Waals surface area contributed by atoms with E-state index in [2.05, 4.69) is 0 Å². The van der Waals surface area contributed by atoms with E-state index in [0.717, 1.165) is 12.1 Å². The van der Waals surface area contributed by atoms with Crippen molar-refractivity contribution in [3.63, 3.8) is 0 Å². The lowest BCUT2D eigenvalue weighted by atomic mass is 10.1. The zero-order chi connectivity index (χ0) is 17.8. The smallest absolute Gasteiger partial charge is 0.228 e. The van der Waals surface area contributed by atoms with E-state index in [1.165, 1.54) is 12.8 Å². The van der Waals surface area contributed by atoms with Crippen molar-refractivity contribution < 1.29 is 14.4 Å². The first-order chi connectivity index (χ1) is 12.0. The van der Waals surface area contributed by atoms with Crippen LogP contribution in [0.25, 0.3) is 0 Å². The molecule has 1 unspecified atom stereocenters. The van der Waals surface area contributed by atoms with Crippen molar-refractivity contribution in [1.29, 1.82) is 0 Å². The average Bonchev–Trinajstić information content (AvgIpc) is 3.34. The van der Waals surface area contributed by atoms with Gasteiger partial charge in [-0.05, 0) is 24.3 Å². The van der Waals surface area contributed by atoms with Crippen LogP contribution in [0.4, 0.5) is 0 Å². The highest BCUT2D eigenvalue weighted by atomic mass is 16.2. The number of nitrogens with two attached hydrogens (primary N) is 1. The minimum atomic E-state index is -0.427. The van der Waals surface area contributed by atoms with Crippen LogP contribution in [-0.4, -0.2) is 47.2 Å². The first-order valence-corrected chi connectivity index (χ1v) is 8.91. The lowest BCUT2D eigenvalue weighted by Crippen LogP contribution is -2.39. The summed E-state index contributed by atoms with van der Waals surface area (Å²) >= 11 is 0. The molecule has 1 aliphatic carbocycles. The summed E-state index contributed by atoms with van der Waals surface area (Å²) in [5, 5.41) is 0. The van der Waals surface area contributed by atoms with Gasteiger partial charge in [-0.3, -0.25) is 14.4 Å². The number of primary amides is 1. The molecule has 2 aliphatic rings. The number of hydrogen-bond acceptors (Lipinski definition) is 3. The lowest BCUT2D eigenvalue weighted by molar-refractivity contribution is -0.136. The molecule has 6 nitrogen and oxygen atoms in total. The highest BCUT2D eigenvalue weighted by molar-refractivity contribution is 5.89. The Balaban J connectivity index is 1.65. The first-order valence-electron chi connectivity index (χ1n) is 8.91. The predicted octanol–water partition coefficient (Wildman–Crippen LogP) is 1.15. The topological polar surface area (TPSA) is 83.7 Å². The van der Waals surface area contributed by atoms with Crippen LogP contribution < -0.4 is 5.73 Å². The Morgan fingerprint density at radius 2 is 1.92 bits per heavy atom. The number of rotatable bonds is 8. The highest BCUT2D eigenvalue weighted by Crippen LogP contribution is 2.32. The molecule has 25 heavy (non-hydrogen) atoms. The van der Waals surface area contributed by atoms with Gasteiger partial charge in [0, 0.05) is 39.0 Å². The third kappa shape index (κ3) is 4.81. The minimum Gasteiger partial charge on any atom is -0.370 e. The molecule has 1 atom stereocenters. The molecule has 134 valence electrons. The van der Waals surface area contributed by atoms with Gasteiger partial charge < -0.3 is 15.5 Å². The molecule has 1 saturated heterocycles. The fraction of sp³-hybridized carbons (Fsp3) is 0.526. The van der Waals surface area contributed by atoms with Crippen LogP contribution in [0.3, 0.4) is 0 Å². The molecule has 1 aromatic carbocycles. The number of likely N-dealkylation sites (tertiary alicyclic amines) is 1. The quantitative estimate of drug-likeness (QED) is 0.768. The van der Waals surface area contributed by atoms with Gasteiger partial charge in [0.1, 0.15) is 0 Å². The van der Waals surface area contributed by atoms with Gasteiger partial charge in [-0.15, -0.1) is 0 Å². The van der Waals surface area contributed by atoms with Crippen LogP contribution in [0.2, 0.25) is 0 Å². The number of hydrogen-bond donors (Lipinski definition) is 1. The van der Waals surface area contributed by atoms with Gasteiger partial charge in [0.05, 0.1) is 5.92 Å². The SMILES string of the molecule is NC(=O)CCN(Cc1ccccc1)C(=O)C1CC(=O)N(CC2CC2)C1. The Kier molecular flexibility index (Phi) is 5.36. The van der Waals surface area contributed by atoms with Crippen LogP contribution in [-0.2, 0) is 20.9 Å². The van der Waals surface area contributed by atoms with Gasteiger partial charge in [-0.2, -0.15) is 0 Å². The molecule has 0 radical (unpaired) electrons. The minimum absolute atomic E-state index is 0.0586. The maximum Gasteiger partial charge on any atom is 0.228 e. The van der Waals surface area contributed by atoms with Gasteiger partial charge in [0.2, 0.25) is 17.7 Å². The van der Waals surface area contributed by atoms with Gasteiger partial charge >= 0.3 is 0 Å². The maximum absolute atomic E-state index is 12.9. The molecule has 0 spiro atoms. The molecule has 1 aromatic rings. The van der Waals surface area contributed by atoms with Gasteiger partial charge in [0.25, 0.3) is 0 Å². The molecular formula is C19H25N3O3. The van der Waals surface area contributed by atoms with E-state index in [0.29, 0.717) is 19.0 Å². The van der Waals surface area contributed by atoms with Crippen LogP contribution in [0.1, 0.15) is 31.2 Å². The van der Waals surface area contributed by atoms with E-state index in [9.17, 15) is 14.4 Å². The lowest BCUT2D eigenvalue weighted by Gasteiger charge is -2.25. The molecule has 2 N–H and O–H groups in total. The normalized spacial score (nSPS) is 19.9. The van der Waals surface area contributed by atoms with Crippen molar-refractivity contribution >= 4 is 17.7 Å². The number of nitrogens with zero attached hydrogens (tertiary/aromatic N) is 2. The van der Waals surface area contributed by atoms with Crippen molar-refractivity contribution in [2.75, 3.05) is 19.6 Å². The van der Waals surface area contributed by atoms with Gasteiger partial charge in [-0.1, -0.05) is 30.3 Å². The summed E-state index contributed by atoms with van der Waals surface area (Å²) in [7, 11) is 0. The van der Waals surface area contributed by atoms with Crippen LogP contribution in [0.15, 0.2) is 30.3 Å². The molecule has 3 amide bonds. The standard InChI is InChI=1S/C19H25N3O3/c20-17(23)8-9-21(11-14-4-2-1-3-5-14)19(25)16-10-18(24)22(13-16)12-15-6-7-15/h1-5,15-16H,6-13H2,(H2,20,23). The van der Waals surface area contributed by atoms with Gasteiger partial charge in [-0.25, -0.2) is 0 Å². The molecule has 1 aliphatic heterocycles. The Bertz CT molecular complexity index is 643. The Labute approximate surface area is 148 Å². The summed E-state index contributed by atoms with van der Waals surface area (Å²) in [6.07, 6.45) is 2.76. The zero-order valence-electron chi connectivity index (χ0n) is 14.4. The van der Waals surface area contributed by atoms with Crippen molar-refractivity contribution in [2.24, 2.45) is 17.6 Å². The average molecular weight is 343 g/mol. The van der Waals surface area contributed by atoms with E-state index < -0.39 is 5.91 Å². The number of carbonyl (C=O) groups is 3. The molecule has 1 saturated carbocycles. The predicted molar refractivity (Wildman–Crippen MR) is 93.1 cm³/mol. The largest absolute Gasteiger partial charge is 0.370 e. The Morgan fingerprint density at radius 3 is 2.56 bits per heavy atom. The number of benzene rings is 1. The first kappa shape index (κ1) is 17.5. The Morgan fingerprint density at radius 1 is 1.20 bits per heavy atom. The van der Waals surface area contributed by atoms with E-state index in [1.807, 2.05) is 35.2 Å². The molecular weight excluding hydrogens is 318 g/mol. The molecule has 1 heterocycles. The van der Waals surface area contributed by atoms with Crippen LogP contribution in [0, 0.1) is 11.8 Å². The summed E-state index contributed by atoms with van der Waals surface area (Å²) in [5.41, 5.74) is 6.25. The highest BCUT2D eigenvalue weighted by Gasteiger charge is 2.38. The second-order valence-corrected chi connectivity index (χ2v) is 7.10. The van der Waals surface area contributed by atoms with Crippen LogP contribution in [0.5, 0.6) is 0 Å².